The standard InChI is InChI=1S/C11H20N4O2/c1-3-9-13-10(15-14-9)11(16)12-7-5-4-6-8-17-2/h3-8H2,1-2H3,(H,12,16)(H,13,14,15). The minimum atomic E-state index is -0.215. The molecule has 0 saturated heterocycles. The number of amides is 1. The van der Waals surface area contributed by atoms with Crippen molar-refractivity contribution in [2.24, 2.45) is 0 Å². The number of carbonyl (C=O) groups excluding carboxylic acids is 1. The van der Waals surface area contributed by atoms with Crippen molar-refractivity contribution in [3.63, 3.8) is 0 Å². The summed E-state index contributed by atoms with van der Waals surface area (Å²) in [4.78, 5) is 15.6. The summed E-state index contributed by atoms with van der Waals surface area (Å²) in [5.41, 5.74) is 0. The molecule has 0 unspecified atom stereocenters. The second-order valence-electron chi connectivity index (χ2n) is 3.77. The number of hydrogen-bond donors (Lipinski definition) is 2. The largest absolute Gasteiger partial charge is 0.385 e. The Hall–Kier alpha value is -1.43. The normalized spacial score (nSPS) is 10.5. The molecule has 0 aliphatic heterocycles. The van der Waals surface area contributed by atoms with Gasteiger partial charge in [0.2, 0.25) is 5.82 Å². The average molecular weight is 240 g/mol. The Bertz CT molecular complexity index is 338. The first-order valence-electron chi connectivity index (χ1n) is 5.96. The molecule has 1 rings (SSSR count). The fourth-order valence-corrected chi connectivity index (χ4v) is 1.38. The Morgan fingerprint density at radius 3 is 2.88 bits per heavy atom. The monoisotopic (exact) mass is 240 g/mol. The molecule has 6 nitrogen and oxygen atoms in total. The molecule has 2 N–H and O–H groups in total. The SMILES string of the molecule is CCc1nc(C(=O)NCCCCCOC)n[nH]1. The number of H-pyrrole nitrogens is 1. The first-order valence-corrected chi connectivity index (χ1v) is 5.96. The smallest absolute Gasteiger partial charge is 0.290 e. The Labute approximate surface area is 101 Å². The zero-order chi connectivity index (χ0) is 12.5. The van der Waals surface area contributed by atoms with Crippen LogP contribution in [-0.4, -0.2) is 41.3 Å². The summed E-state index contributed by atoms with van der Waals surface area (Å²) < 4.78 is 4.94. The van der Waals surface area contributed by atoms with Crippen LogP contribution in [0.1, 0.15) is 42.6 Å². The van der Waals surface area contributed by atoms with Crippen molar-refractivity contribution in [2.75, 3.05) is 20.3 Å². The fraction of sp³-hybridized carbons (Fsp3) is 0.727. The van der Waals surface area contributed by atoms with Crippen LogP contribution in [0.3, 0.4) is 0 Å². The van der Waals surface area contributed by atoms with Crippen molar-refractivity contribution in [1.29, 1.82) is 0 Å². The zero-order valence-electron chi connectivity index (χ0n) is 10.5. The third kappa shape index (κ3) is 4.95. The number of nitrogens with zero attached hydrogens (tertiary/aromatic N) is 2. The topological polar surface area (TPSA) is 79.9 Å². The minimum absolute atomic E-state index is 0.215. The zero-order valence-corrected chi connectivity index (χ0v) is 10.5. The number of ether oxygens (including phenoxy) is 1. The summed E-state index contributed by atoms with van der Waals surface area (Å²) in [5.74, 6) is 0.738. The van der Waals surface area contributed by atoms with Gasteiger partial charge in [-0.2, -0.15) is 0 Å². The van der Waals surface area contributed by atoms with E-state index >= 15 is 0 Å². The van der Waals surface area contributed by atoms with Crippen LogP contribution in [0, 0.1) is 0 Å². The number of rotatable bonds is 8. The lowest BCUT2D eigenvalue weighted by molar-refractivity contribution is 0.0942. The molecule has 0 aliphatic rings. The molecule has 0 saturated carbocycles. The summed E-state index contributed by atoms with van der Waals surface area (Å²) in [7, 11) is 1.69. The molecular formula is C11H20N4O2. The molecule has 1 aromatic rings. The van der Waals surface area contributed by atoms with Gasteiger partial charge in [-0.05, 0) is 19.3 Å². The van der Waals surface area contributed by atoms with Gasteiger partial charge in [-0.15, -0.1) is 5.10 Å². The lowest BCUT2D eigenvalue weighted by atomic mass is 10.2. The van der Waals surface area contributed by atoms with Gasteiger partial charge in [0.25, 0.3) is 5.91 Å². The Kier molecular flexibility index (Phi) is 6.24. The van der Waals surface area contributed by atoms with Crippen LogP contribution in [0.15, 0.2) is 0 Å². The van der Waals surface area contributed by atoms with E-state index in [1.54, 1.807) is 7.11 Å². The molecule has 0 radical (unpaired) electrons. The van der Waals surface area contributed by atoms with Crippen LogP contribution in [0.2, 0.25) is 0 Å². The quantitative estimate of drug-likeness (QED) is 0.662. The average Bonchev–Trinajstić information content (AvgIpc) is 2.82. The Morgan fingerprint density at radius 1 is 1.41 bits per heavy atom. The van der Waals surface area contributed by atoms with Crippen LogP contribution in [-0.2, 0) is 11.2 Å². The first kappa shape index (κ1) is 13.6. The summed E-state index contributed by atoms with van der Waals surface area (Å²) in [5, 5.41) is 9.35. The minimum Gasteiger partial charge on any atom is -0.385 e. The number of aromatic nitrogens is 3. The van der Waals surface area contributed by atoms with Crippen LogP contribution < -0.4 is 5.32 Å². The van der Waals surface area contributed by atoms with Crippen molar-refractivity contribution >= 4 is 5.91 Å². The van der Waals surface area contributed by atoms with Crippen LogP contribution in [0.4, 0.5) is 0 Å². The van der Waals surface area contributed by atoms with Gasteiger partial charge in [-0.3, -0.25) is 9.89 Å². The molecule has 0 atom stereocenters. The van der Waals surface area contributed by atoms with Crippen LogP contribution in [0.5, 0.6) is 0 Å². The van der Waals surface area contributed by atoms with E-state index in [9.17, 15) is 4.79 Å². The van der Waals surface area contributed by atoms with Gasteiger partial charge >= 0.3 is 0 Å². The molecular weight excluding hydrogens is 220 g/mol. The van der Waals surface area contributed by atoms with Crippen molar-refractivity contribution < 1.29 is 9.53 Å². The van der Waals surface area contributed by atoms with Crippen LogP contribution in [0.25, 0.3) is 0 Å². The van der Waals surface area contributed by atoms with Crippen molar-refractivity contribution in [1.82, 2.24) is 20.5 Å². The lowest BCUT2D eigenvalue weighted by Gasteiger charge is -2.02. The van der Waals surface area contributed by atoms with E-state index in [0.29, 0.717) is 6.54 Å². The second-order valence-corrected chi connectivity index (χ2v) is 3.77. The van der Waals surface area contributed by atoms with Gasteiger partial charge < -0.3 is 10.1 Å². The maximum absolute atomic E-state index is 11.6. The molecule has 0 bridgehead atoms. The summed E-state index contributed by atoms with van der Waals surface area (Å²) in [6.07, 6.45) is 3.76. The van der Waals surface area contributed by atoms with Gasteiger partial charge in [0.1, 0.15) is 5.82 Å². The predicted molar refractivity (Wildman–Crippen MR) is 63.8 cm³/mol. The van der Waals surface area contributed by atoms with Gasteiger partial charge in [0.05, 0.1) is 0 Å². The maximum atomic E-state index is 11.6. The molecule has 1 amide bonds. The predicted octanol–water partition coefficient (Wildman–Crippen LogP) is 0.914. The molecule has 0 fully saturated rings. The number of carbonyl (C=O) groups is 1. The van der Waals surface area contributed by atoms with E-state index < -0.39 is 0 Å². The first-order chi connectivity index (χ1) is 8.27. The van der Waals surface area contributed by atoms with Gasteiger partial charge in [0.15, 0.2) is 0 Å². The lowest BCUT2D eigenvalue weighted by Crippen LogP contribution is -2.25. The molecule has 0 aromatic carbocycles. The molecule has 96 valence electrons. The van der Waals surface area contributed by atoms with Gasteiger partial charge in [-0.1, -0.05) is 6.92 Å². The summed E-state index contributed by atoms with van der Waals surface area (Å²) in [6, 6.07) is 0. The number of aromatic amines is 1. The fourth-order valence-electron chi connectivity index (χ4n) is 1.38. The second kappa shape index (κ2) is 7.78. The highest BCUT2D eigenvalue weighted by atomic mass is 16.5. The number of nitrogens with one attached hydrogen (secondary N) is 2. The summed E-state index contributed by atoms with van der Waals surface area (Å²) in [6.45, 7) is 3.38. The van der Waals surface area contributed by atoms with Crippen molar-refractivity contribution in [2.45, 2.75) is 32.6 Å². The molecule has 1 aromatic heterocycles. The Balaban J connectivity index is 2.16. The van der Waals surface area contributed by atoms with E-state index in [-0.39, 0.29) is 11.7 Å². The third-order valence-corrected chi connectivity index (χ3v) is 2.38. The molecule has 1 heterocycles. The number of methoxy groups -OCH3 is 1. The maximum Gasteiger partial charge on any atom is 0.290 e. The highest BCUT2D eigenvalue weighted by molar-refractivity contribution is 5.90. The number of unbranched alkanes of at least 4 members (excludes halogenated alkanes) is 2. The number of aryl methyl sites for hydroxylation is 1. The van der Waals surface area contributed by atoms with Crippen molar-refractivity contribution in [3.8, 4) is 0 Å². The van der Waals surface area contributed by atoms with Crippen LogP contribution >= 0.6 is 0 Å². The highest BCUT2D eigenvalue weighted by Gasteiger charge is 2.10. The van der Waals surface area contributed by atoms with Crippen molar-refractivity contribution in [3.05, 3.63) is 11.6 Å². The van der Waals surface area contributed by atoms with E-state index in [1.165, 1.54) is 0 Å². The molecule has 0 spiro atoms. The summed E-state index contributed by atoms with van der Waals surface area (Å²) >= 11 is 0. The van der Waals surface area contributed by atoms with Gasteiger partial charge in [0, 0.05) is 26.7 Å². The number of hydrogen-bond acceptors (Lipinski definition) is 4. The Morgan fingerprint density at radius 2 is 2.24 bits per heavy atom. The van der Waals surface area contributed by atoms with E-state index in [1.807, 2.05) is 6.92 Å². The molecule has 0 aliphatic carbocycles. The van der Waals surface area contributed by atoms with Gasteiger partial charge in [-0.25, -0.2) is 4.98 Å². The third-order valence-electron chi connectivity index (χ3n) is 2.38. The highest BCUT2D eigenvalue weighted by Crippen LogP contribution is 1.96. The van der Waals surface area contributed by atoms with E-state index in [4.69, 9.17) is 4.74 Å². The molecule has 6 heteroatoms. The molecule has 17 heavy (non-hydrogen) atoms. The van der Waals surface area contributed by atoms with E-state index in [0.717, 1.165) is 38.1 Å². The van der Waals surface area contributed by atoms with E-state index in [2.05, 4.69) is 20.5 Å².